The highest BCUT2D eigenvalue weighted by Gasteiger charge is 2.24. The fourth-order valence-electron chi connectivity index (χ4n) is 2.60. The number of benzene rings is 1. The van der Waals surface area contributed by atoms with Gasteiger partial charge in [-0.2, -0.15) is 0 Å². The number of carbonyl (C=O) groups excluding carboxylic acids is 1. The zero-order valence-electron chi connectivity index (χ0n) is 12.0. The van der Waals surface area contributed by atoms with Crippen LogP contribution in [0, 0.1) is 0 Å². The van der Waals surface area contributed by atoms with Crippen LogP contribution in [-0.4, -0.2) is 57.3 Å². The van der Waals surface area contributed by atoms with Gasteiger partial charge in [0.1, 0.15) is 5.75 Å². The molecule has 0 N–H and O–H groups in total. The summed E-state index contributed by atoms with van der Waals surface area (Å²) in [5.74, 6) is 0.690. The maximum absolute atomic E-state index is 11.7. The molecule has 0 saturated carbocycles. The minimum atomic E-state index is -0.112. The molecule has 114 valence electrons. The predicted octanol–water partition coefficient (Wildman–Crippen LogP) is 1.65. The number of alkyl halides is 1. The Balaban J connectivity index is 1.74. The van der Waals surface area contributed by atoms with Crippen molar-refractivity contribution in [2.75, 3.05) is 51.4 Å². The molecule has 3 rings (SSSR count). The zero-order chi connectivity index (χ0) is 14.8. The first-order chi connectivity index (χ1) is 10.1. The lowest BCUT2D eigenvalue weighted by Gasteiger charge is -2.30. The molecule has 1 fully saturated rings. The van der Waals surface area contributed by atoms with Gasteiger partial charge in [0.25, 0.3) is 5.91 Å². The molecule has 1 amide bonds. The van der Waals surface area contributed by atoms with Crippen LogP contribution in [0.4, 0.5) is 5.69 Å². The average molecular weight is 311 g/mol. The van der Waals surface area contributed by atoms with Crippen LogP contribution in [0.2, 0.25) is 0 Å². The van der Waals surface area contributed by atoms with E-state index in [1.165, 1.54) is 0 Å². The Morgan fingerprint density at radius 3 is 2.86 bits per heavy atom. The normalized spacial score (nSPS) is 20.9. The fourth-order valence-corrected chi connectivity index (χ4v) is 2.93. The third-order valence-corrected chi connectivity index (χ3v) is 4.34. The summed E-state index contributed by atoms with van der Waals surface area (Å²) in [6, 6.07) is 5.81. The van der Waals surface area contributed by atoms with E-state index in [0.717, 1.165) is 49.8 Å². The molecule has 1 atom stereocenters. The molecule has 0 radical (unpaired) electrons. The predicted molar refractivity (Wildman–Crippen MR) is 81.2 cm³/mol. The van der Waals surface area contributed by atoms with Gasteiger partial charge in [-0.1, -0.05) is 6.07 Å². The number of rotatable bonds is 3. The maximum Gasteiger partial charge on any atom is 0.264 e. The van der Waals surface area contributed by atoms with E-state index in [2.05, 4.69) is 4.90 Å². The minimum Gasteiger partial charge on any atom is -0.482 e. The summed E-state index contributed by atoms with van der Waals surface area (Å²) in [6.45, 7) is 4.23. The molecule has 2 heterocycles. The summed E-state index contributed by atoms with van der Waals surface area (Å²) in [5.41, 5.74) is 1.79. The quantitative estimate of drug-likeness (QED) is 0.796. The van der Waals surface area contributed by atoms with Crippen molar-refractivity contribution >= 4 is 23.2 Å². The van der Waals surface area contributed by atoms with Gasteiger partial charge in [-0.25, -0.2) is 0 Å². The topological polar surface area (TPSA) is 42.0 Å². The molecule has 1 aromatic carbocycles. The van der Waals surface area contributed by atoms with Crippen molar-refractivity contribution in [3.63, 3.8) is 0 Å². The number of anilines is 1. The van der Waals surface area contributed by atoms with Gasteiger partial charge >= 0.3 is 0 Å². The third kappa shape index (κ3) is 3.15. The second-order valence-corrected chi connectivity index (χ2v) is 5.88. The van der Waals surface area contributed by atoms with Gasteiger partial charge < -0.3 is 14.4 Å². The molecule has 5 nitrogen and oxygen atoms in total. The first-order valence-electron chi connectivity index (χ1n) is 7.12. The van der Waals surface area contributed by atoms with Crippen LogP contribution in [0.1, 0.15) is 10.9 Å². The number of hydrogen-bond donors (Lipinski definition) is 0. The van der Waals surface area contributed by atoms with Gasteiger partial charge in [-0.05, 0) is 17.7 Å². The van der Waals surface area contributed by atoms with Crippen molar-refractivity contribution < 1.29 is 14.3 Å². The van der Waals surface area contributed by atoms with Crippen LogP contribution < -0.4 is 9.64 Å². The lowest BCUT2D eigenvalue weighted by Crippen LogP contribution is -2.38. The zero-order valence-corrected chi connectivity index (χ0v) is 12.8. The van der Waals surface area contributed by atoms with Crippen molar-refractivity contribution in [3.8, 4) is 5.75 Å². The molecule has 0 aliphatic carbocycles. The first-order valence-corrected chi connectivity index (χ1v) is 7.56. The van der Waals surface area contributed by atoms with E-state index in [1.807, 2.05) is 18.2 Å². The van der Waals surface area contributed by atoms with Gasteiger partial charge in [0.05, 0.1) is 24.3 Å². The summed E-state index contributed by atoms with van der Waals surface area (Å²) < 4.78 is 10.8. The summed E-state index contributed by atoms with van der Waals surface area (Å²) >= 11 is 6.54. The Morgan fingerprint density at radius 1 is 1.33 bits per heavy atom. The van der Waals surface area contributed by atoms with Gasteiger partial charge in [0.15, 0.2) is 6.61 Å². The van der Waals surface area contributed by atoms with E-state index < -0.39 is 0 Å². The van der Waals surface area contributed by atoms with Crippen LogP contribution >= 0.6 is 11.6 Å². The van der Waals surface area contributed by atoms with Crippen molar-refractivity contribution in [1.82, 2.24) is 4.90 Å². The van der Waals surface area contributed by atoms with Crippen LogP contribution in [-0.2, 0) is 9.53 Å². The van der Waals surface area contributed by atoms with Crippen molar-refractivity contribution in [2.45, 2.75) is 5.38 Å². The summed E-state index contributed by atoms with van der Waals surface area (Å²) in [7, 11) is 1.76. The van der Waals surface area contributed by atoms with Crippen LogP contribution in [0.3, 0.4) is 0 Å². The number of morpholine rings is 1. The third-order valence-electron chi connectivity index (χ3n) is 3.95. The van der Waals surface area contributed by atoms with E-state index in [9.17, 15) is 4.79 Å². The highest BCUT2D eigenvalue weighted by atomic mass is 35.5. The smallest absolute Gasteiger partial charge is 0.264 e. The summed E-state index contributed by atoms with van der Waals surface area (Å²) in [4.78, 5) is 15.6. The lowest BCUT2D eigenvalue weighted by molar-refractivity contribution is -0.120. The largest absolute Gasteiger partial charge is 0.482 e. The molecule has 6 heteroatoms. The van der Waals surface area contributed by atoms with Gasteiger partial charge in [0, 0.05) is 26.7 Å². The highest BCUT2D eigenvalue weighted by molar-refractivity contribution is 6.21. The molecular formula is C15H19ClN2O3. The van der Waals surface area contributed by atoms with Gasteiger partial charge in [0.2, 0.25) is 0 Å². The number of likely N-dealkylation sites (N-methyl/N-ethyl adjacent to an activating group) is 1. The molecule has 0 aromatic heterocycles. The molecule has 0 spiro atoms. The SMILES string of the molecule is CN1C(=O)COc2ccc(C(Cl)CN3CCOCC3)cc21. The van der Waals surface area contributed by atoms with E-state index in [0.29, 0.717) is 0 Å². The number of carbonyl (C=O) groups is 1. The van der Waals surface area contributed by atoms with Gasteiger partial charge in [-0.3, -0.25) is 9.69 Å². The Bertz CT molecular complexity index is 532. The van der Waals surface area contributed by atoms with Crippen molar-refractivity contribution in [2.24, 2.45) is 0 Å². The average Bonchev–Trinajstić information content (AvgIpc) is 2.52. The summed E-state index contributed by atoms with van der Waals surface area (Å²) in [6.07, 6.45) is 0. The Hall–Kier alpha value is -1.30. The lowest BCUT2D eigenvalue weighted by atomic mass is 10.1. The number of amides is 1. The van der Waals surface area contributed by atoms with Crippen LogP contribution in [0.15, 0.2) is 18.2 Å². The number of halogens is 1. The fraction of sp³-hybridized carbons (Fsp3) is 0.533. The molecule has 2 aliphatic heterocycles. The van der Waals surface area contributed by atoms with Crippen molar-refractivity contribution in [3.05, 3.63) is 23.8 Å². The highest BCUT2D eigenvalue weighted by Crippen LogP contribution is 2.35. The van der Waals surface area contributed by atoms with E-state index >= 15 is 0 Å². The number of fused-ring (bicyclic) bond motifs is 1. The van der Waals surface area contributed by atoms with Crippen LogP contribution in [0.5, 0.6) is 5.75 Å². The number of nitrogens with zero attached hydrogens (tertiary/aromatic N) is 2. The number of ether oxygens (including phenoxy) is 2. The minimum absolute atomic E-state index is 0.0426. The van der Waals surface area contributed by atoms with Crippen LogP contribution in [0.25, 0.3) is 0 Å². The summed E-state index contributed by atoms with van der Waals surface area (Å²) in [5, 5.41) is -0.112. The Labute approximate surface area is 129 Å². The molecule has 1 saturated heterocycles. The molecule has 1 aromatic rings. The second kappa shape index (κ2) is 6.22. The van der Waals surface area contributed by atoms with E-state index in [4.69, 9.17) is 21.1 Å². The molecule has 2 aliphatic rings. The Kier molecular flexibility index (Phi) is 4.33. The molecule has 21 heavy (non-hydrogen) atoms. The number of hydrogen-bond acceptors (Lipinski definition) is 4. The first kappa shape index (κ1) is 14.6. The molecule has 1 unspecified atom stereocenters. The molecular weight excluding hydrogens is 292 g/mol. The Morgan fingerprint density at radius 2 is 2.10 bits per heavy atom. The maximum atomic E-state index is 11.7. The second-order valence-electron chi connectivity index (χ2n) is 5.35. The van der Waals surface area contributed by atoms with Crippen molar-refractivity contribution in [1.29, 1.82) is 0 Å². The van der Waals surface area contributed by atoms with Gasteiger partial charge in [-0.15, -0.1) is 11.6 Å². The standard InChI is InChI=1S/C15H19ClN2O3/c1-17-13-8-11(2-3-14(13)21-10-15(17)19)12(16)9-18-4-6-20-7-5-18/h2-3,8,12H,4-7,9-10H2,1H3. The monoisotopic (exact) mass is 310 g/mol. The van der Waals surface area contributed by atoms with E-state index in [1.54, 1.807) is 11.9 Å². The van der Waals surface area contributed by atoms with E-state index in [-0.39, 0.29) is 17.9 Å². The molecule has 0 bridgehead atoms.